The van der Waals surface area contributed by atoms with Crippen LogP contribution in [0.3, 0.4) is 0 Å². The van der Waals surface area contributed by atoms with Crippen LogP contribution in [-0.4, -0.2) is 43.5 Å². The summed E-state index contributed by atoms with van der Waals surface area (Å²) < 4.78 is 77.9. The number of rotatable bonds is 8. The minimum absolute atomic E-state index is 0.0326. The number of hydrogen-bond donors (Lipinski definition) is 1. The molecule has 2 saturated heterocycles. The van der Waals surface area contributed by atoms with Crippen molar-refractivity contribution in [1.29, 1.82) is 0 Å². The SMILES string of the molecule is Cc1cc(S(=O)O)cc2sc(N3C4CCC3CC(OCc3c(-c5ccccc5OC(F)(F)F)noc3C3CC3)C4)nc12. The van der Waals surface area contributed by atoms with E-state index < -0.39 is 17.4 Å². The Hall–Kier alpha value is -3.00. The average molecular weight is 620 g/mol. The summed E-state index contributed by atoms with van der Waals surface area (Å²) in [6.45, 7) is 2.09. The van der Waals surface area contributed by atoms with Crippen LogP contribution in [0.25, 0.3) is 21.5 Å². The molecule has 1 aliphatic carbocycles. The van der Waals surface area contributed by atoms with Gasteiger partial charge in [0.25, 0.3) is 0 Å². The van der Waals surface area contributed by atoms with Crippen molar-refractivity contribution in [2.45, 2.75) is 87.4 Å². The van der Waals surface area contributed by atoms with Gasteiger partial charge in [0.2, 0.25) is 0 Å². The first-order valence-electron chi connectivity index (χ1n) is 13.9. The molecule has 3 unspecified atom stereocenters. The number of halogens is 3. The van der Waals surface area contributed by atoms with Crippen LogP contribution in [0.1, 0.15) is 61.3 Å². The van der Waals surface area contributed by atoms with E-state index in [4.69, 9.17) is 14.2 Å². The highest BCUT2D eigenvalue weighted by molar-refractivity contribution is 7.79. The molecule has 2 aromatic heterocycles. The van der Waals surface area contributed by atoms with Crippen LogP contribution in [0.5, 0.6) is 5.75 Å². The van der Waals surface area contributed by atoms with E-state index in [1.54, 1.807) is 35.6 Å². The number of ether oxygens (including phenoxy) is 2. The Morgan fingerprint density at radius 3 is 2.57 bits per heavy atom. The predicted molar refractivity (Wildman–Crippen MR) is 151 cm³/mol. The lowest BCUT2D eigenvalue weighted by atomic mass is 10.00. The Morgan fingerprint density at radius 1 is 1.14 bits per heavy atom. The minimum atomic E-state index is -4.83. The quantitative estimate of drug-likeness (QED) is 0.205. The monoisotopic (exact) mass is 619 g/mol. The zero-order valence-corrected chi connectivity index (χ0v) is 24.2. The van der Waals surface area contributed by atoms with Gasteiger partial charge in [-0.25, -0.2) is 9.19 Å². The average Bonchev–Trinajstić information content (AvgIpc) is 3.45. The van der Waals surface area contributed by atoms with E-state index in [0.29, 0.717) is 21.9 Å². The van der Waals surface area contributed by atoms with Crippen LogP contribution in [-0.2, 0) is 22.4 Å². The molecule has 3 atom stereocenters. The number of nitrogens with zero attached hydrogens (tertiary/aromatic N) is 3. The Morgan fingerprint density at radius 2 is 1.88 bits per heavy atom. The molecule has 3 fully saturated rings. The second kappa shape index (κ2) is 10.6. The van der Waals surface area contributed by atoms with Crippen molar-refractivity contribution in [3.63, 3.8) is 0 Å². The standard InChI is InChI=1S/C29H28F3N3O5S2/c1-15-10-20(42(36)37)13-24-25(15)33-28(41-24)35-17-8-9-18(35)12-19(11-17)38-14-22-26(34-40-27(22)16-6-7-16)21-4-2-3-5-23(21)39-29(30,31)32/h2-5,10,13,16-19H,6-9,11-12,14H2,1H3,(H,36,37). The van der Waals surface area contributed by atoms with Gasteiger partial charge in [-0.3, -0.25) is 0 Å². The lowest BCUT2D eigenvalue weighted by Gasteiger charge is -2.38. The fourth-order valence-corrected chi connectivity index (χ4v) is 8.15. The highest BCUT2D eigenvalue weighted by Crippen LogP contribution is 2.47. The molecule has 222 valence electrons. The van der Waals surface area contributed by atoms with Crippen molar-refractivity contribution in [2.24, 2.45) is 0 Å². The number of para-hydroxylation sites is 1. The molecule has 1 N–H and O–H groups in total. The number of thiazole rings is 1. The molecule has 13 heteroatoms. The second-order valence-electron chi connectivity index (χ2n) is 11.2. The van der Waals surface area contributed by atoms with Crippen LogP contribution in [0, 0.1) is 6.92 Å². The molecule has 8 nitrogen and oxygen atoms in total. The summed E-state index contributed by atoms with van der Waals surface area (Å²) in [4.78, 5) is 7.67. The Balaban J connectivity index is 1.10. The molecule has 2 bridgehead atoms. The van der Waals surface area contributed by atoms with Crippen molar-refractivity contribution in [3.8, 4) is 17.0 Å². The van der Waals surface area contributed by atoms with Crippen molar-refractivity contribution in [2.75, 3.05) is 4.90 Å². The van der Waals surface area contributed by atoms with Crippen molar-refractivity contribution in [3.05, 3.63) is 53.3 Å². The number of benzene rings is 2. The van der Waals surface area contributed by atoms with Gasteiger partial charge in [0, 0.05) is 29.1 Å². The van der Waals surface area contributed by atoms with Crippen LogP contribution < -0.4 is 9.64 Å². The Bertz CT molecular complexity index is 1650. The largest absolute Gasteiger partial charge is 0.573 e. The maximum atomic E-state index is 13.1. The zero-order chi connectivity index (χ0) is 29.2. The van der Waals surface area contributed by atoms with E-state index in [0.717, 1.165) is 59.4 Å². The van der Waals surface area contributed by atoms with Gasteiger partial charge >= 0.3 is 6.36 Å². The van der Waals surface area contributed by atoms with Crippen LogP contribution in [0.4, 0.5) is 18.3 Å². The number of anilines is 1. The normalized spacial score (nSPS) is 23.1. The number of piperidine rings is 1. The molecule has 2 aromatic carbocycles. The molecular weight excluding hydrogens is 591 g/mol. The van der Waals surface area contributed by atoms with E-state index in [9.17, 15) is 21.9 Å². The van der Waals surface area contributed by atoms with Gasteiger partial charge < -0.3 is 23.4 Å². The molecular formula is C29H28F3N3O5S2. The van der Waals surface area contributed by atoms with E-state index in [2.05, 4.69) is 14.8 Å². The summed E-state index contributed by atoms with van der Waals surface area (Å²) in [5.41, 5.74) is 2.95. The fraction of sp³-hybridized carbons (Fsp3) is 0.448. The third-order valence-electron chi connectivity index (χ3n) is 8.36. The second-order valence-corrected chi connectivity index (χ2v) is 13.2. The summed E-state index contributed by atoms with van der Waals surface area (Å²) in [5, 5.41) is 5.10. The number of aryl methyl sites for hydroxylation is 1. The Kier molecular flexibility index (Phi) is 7.03. The third kappa shape index (κ3) is 5.31. The minimum Gasteiger partial charge on any atom is -0.405 e. The fourth-order valence-electron chi connectivity index (χ4n) is 6.36. The van der Waals surface area contributed by atoms with Crippen molar-refractivity contribution in [1.82, 2.24) is 10.1 Å². The molecule has 42 heavy (non-hydrogen) atoms. The third-order valence-corrected chi connectivity index (χ3v) is 10.0. The first-order chi connectivity index (χ1) is 20.1. The van der Waals surface area contributed by atoms with Gasteiger partial charge in [0.1, 0.15) is 17.2 Å². The van der Waals surface area contributed by atoms with Gasteiger partial charge in [-0.05, 0) is 75.3 Å². The number of fused-ring (bicyclic) bond motifs is 3. The van der Waals surface area contributed by atoms with Gasteiger partial charge in [-0.1, -0.05) is 28.6 Å². The molecule has 0 spiro atoms. The van der Waals surface area contributed by atoms with Gasteiger partial charge in [-0.2, -0.15) is 0 Å². The number of alkyl halides is 3. The van der Waals surface area contributed by atoms with Gasteiger partial charge in [0.05, 0.1) is 27.8 Å². The van der Waals surface area contributed by atoms with E-state index >= 15 is 0 Å². The van der Waals surface area contributed by atoms with Crippen molar-refractivity contribution >= 4 is 37.8 Å². The molecule has 0 radical (unpaired) electrons. The lowest BCUT2D eigenvalue weighted by molar-refractivity contribution is -0.274. The summed E-state index contributed by atoms with van der Waals surface area (Å²) in [7, 11) is 0. The van der Waals surface area contributed by atoms with Gasteiger partial charge in [0.15, 0.2) is 16.2 Å². The maximum Gasteiger partial charge on any atom is 0.573 e. The van der Waals surface area contributed by atoms with Crippen LogP contribution >= 0.6 is 11.3 Å². The summed E-state index contributed by atoms with van der Waals surface area (Å²) in [5.74, 6) is 0.557. The molecule has 4 aromatic rings. The highest BCUT2D eigenvalue weighted by Gasteiger charge is 2.43. The summed E-state index contributed by atoms with van der Waals surface area (Å²) in [6.07, 6.45) is 0.651. The smallest absolute Gasteiger partial charge is 0.405 e. The summed E-state index contributed by atoms with van der Waals surface area (Å²) in [6, 6.07) is 9.90. The Labute approximate surface area is 246 Å². The van der Waals surface area contributed by atoms with E-state index in [-0.39, 0.29) is 42.0 Å². The molecule has 2 aliphatic heterocycles. The lowest BCUT2D eigenvalue weighted by Crippen LogP contribution is -2.45. The molecule has 7 rings (SSSR count). The number of aromatic nitrogens is 2. The molecule has 3 aliphatic rings. The first-order valence-corrected chi connectivity index (χ1v) is 15.8. The topological polar surface area (TPSA) is 97.9 Å². The highest BCUT2D eigenvalue weighted by atomic mass is 32.2. The first kappa shape index (κ1) is 27.8. The van der Waals surface area contributed by atoms with E-state index in [1.807, 2.05) is 6.92 Å². The van der Waals surface area contributed by atoms with Crippen LogP contribution in [0.2, 0.25) is 0 Å². The number of hydrogen-bond acceptors (Lipinski definition) is 8. The summed E-state index contributed by atoms with van der Waals surface area (Å²) >= 11 is -0.511. The van der Waals surface area contributed by atoms with Crippen molar-refractivity contribution < 1.29 is 35.9 Å². The van der Waals surface area contributed by atoms with Gasteiger partial charge in [-0.15, -0.1) is 13.2 Å². The molecule has 0 amide bonds. The zero-order valence-electron chi connectivity index (χ0n) is 22.6. The molecule has 4 heterocycles. The molecule has 1 saturated carbocycles. The van der Waals surface area contributed by atoms with E-state index in [1.165, 1.54) is 12.1 Å². The maximum absolute atomic E-state index is 13.1. The van der Waals surface area contributed by atoms with Crippen LogP contribution in [0.15, 0.2) is 45.8 Å². The predicted octanol–water partition coefficient (Wildman–Crippen LogP) is 7.33.